The number of nitrogen functional groups attached to an aromatic ring is 2. The number of aromatic amines is 1. The molecule has 0 saturated carbocycles. The molecule has 11 N–H and O–H groups in total. The van der Waals surface area contributed by atoms with E-state index in [4.69, 9.17) is 41.0 Å². The Morgan fingerprint density at radius 1 is 0.700 bits per heavy atom. The van der Waals surface area contributed by atoms with E-state index >= 15 is 0 Å². The molecule has 6 aromatic rings. The number of imidazole rings is 3. The molecule has 0 spiro atoms. The molecule has 3 aliphatic rings. The van der Waals surface area contributed by atoms with Crippen molar-refractivity contribution in [2.24, 2.45) is 0 Å². The second-order valence-electron chi connectivity index (χ2n) is 13.8. The highest BCUT2D eigenvalue weighted by molar-refractivity contribution is 5.63. The van der Waals surface area contributed by atoms with Gasteiger partial charge in [-0.3, -0.25) is 4.79 Å². The van der Waals surface area contributed by atoms with Crippen molar-refractivity contribution in [1.82, 2.24) is 53.8 Å². The number of aliphatic hydroxyl groups excluding tert-OH is 6. The first-order valence-corrected chi connectivity index (χ1v) is 17.9. The SMILES string of the molecule is C.Cc1nc(N)c2ncc([C@@H]3O[C@H](CO)[C@@H](O)[C@H]3F)n2n1.Cc1nn2c([C@@H]3O[C@H](CO)[C@@H](O)[C@H]3F)cnc2c(=O)[nH]1.Nc1ccnn2c([C@@H]3O[C@H](CO)[C@@H](O)[C@H]3F)cnc12. The molecule has 326 valence electrons. The highest BCUT2D eigenvalue weighted by Crippen LogP contribution is 2.38. The number of fused-ring (bicyclic) bond motifs is 3. The van der Waals surface area contributed by atoms with Gasteiger partial charge in [0.15, 0.2) is 35.6 Å². The zero-order valence-electron chi connectivity index (χ0n) is 31.0. The summed E-state index contributed by atoms with van der Waals surface area (Å²) in [5.41, 5.74) is 13.0. The molecule has 9 rings (SSSR count). The van der Waals surface area contributed by atoms with Crippen LogP contribution in [0.25, 0.3) is 16.9 Å². The molecule has 0 aromatic carbocycles. The van der Waals surface area contributed by atoms with Gasteiger partial charge in [0.05, 0.1) is 67.4 Å². The number of nitrogens with one attached hydrogen (secondary N) is 1. The number of hydrogen-bond donors (Lipinski definition) is 9. The van der Waals surface area contributed by atoms with E-state index < -0.39 is 98.8 Å². The Hall–Kier alpha value is -5.45. The number of rotatable bonds is 6. The third-order valence-electron chi connectivity index (χ3n) is 9.86. The number of ether oxygens (including phenoxy) is 3. The lowest BCUT2D eigenvalue weighted by Crippen LogP contribution is -2.30. The molecule has 0 unspecified atom stereocenters. The third kappa shape index (κ3) is 7.83. The van der Waals surface area contributed by atoms with Crippen molar-refractivity contribution in [3.8, 4) is 0 Å². The van der Waals surface area contributed by atoms with Crippen molar-refractivity contribution in [3.63, 3.8) is 0 Å². The van der Waals surface area contributed by atoms with Crippen LogP contribution in [0, 0.1) is 13.8 Å². The summed E-state index contributed by atoms with van der Waals surface area (Å²) in [6.45, 7) is 1.81. The Labute approximate surface area is 336 Å². The van der Waals surface area contributed by atoms with Gasteiger partial charge in [0.1, 0.15) is 66.6 Å². The molecule has 23 nitrogen and oxygen atoms in total. The van der Waals surface area contributed by atoms with Crippen LogP contribution in [0.4, 0.5) is 24.7 Å². The quantitative estimate of drug-likeness (QED) is 0.0882. The maximum atomic E-state index is 14.1. The van der Waals surface area contributed by atoms with Crippen molar-refractivity contribution in [2.75, 3.05) is 31.3 Å². The zero-order chi connectivity index (χ0) is 42.4. The lowest BCUT2D eigenvalue weighted by molar-refractivity contribution is -0.0241. The fraction of sp³-hybridized carbons (Fsp3) is 0.529. The fourth-order valence-corrected chi connectivity index (χ4v) is 6.89. The summed E-state index contributed by atoms with van der Waals surface area (Å²) >= 11 is 0. The average molecular weight is 852 g/mol. The van der Waals surface area contributed by atoms with Crippen LogP contribution >= 0.6 is 0 Å². The van der Waals surface area contributed by atoms with Crippen LogP contribution in [-0.2, 0) is 14.2 Å². The number of alkyl halides is 3. The first-order chi connectivity index (χ1) is 28.2. The number of hydrogen-bond acceptors (Lipinski definition) is 19. The van der Waals surface area contributed by atoms with Crippen molar-refractivity contribution in [2.45, 2.75) is 94.7 Å². The van der Waals surface area contributed by atoms with E-state index in [0.29, 0.717) is 40.0 Å². The van der Waals surface area contributed by atoms with E-state index in [1.54, 1.807) is 19.9 Å². The minimum absolute atomic E-state index is 0. The molecule has 0 amide bonds. The fourth-order valence-electron chi connectivity index (χ4n) is 6.89. The molecular weight excluding hydrogens is 807 g/mol. The van der Waals surface area contributed by atoms with Gasteiger partial charge in [-0.15, -0.1) is 0 Å². The van der Waals surface area contributed by atoms with E-state index in [-0.39, 0.29) is 24.6 Å². The largest absolute Gasteiger partial charge is 0.396 e. The second kappa shape index (κ2) is 17.6. The van der Waals surface area contributed by atoms with Crippen LogP contribution in [0.2, 0.25) is 0 Å². The molecule has 12 atom stereocenters. The molecule has 3 aliphatic heterocycles. The Balaban J connectivity index is 0.000000150. The molecule has 6 aromatic heterocycles. The van der Waals surface area contributed by atoms with Crippen LogP contribution in [0.1, 0.15) is 54.5 Å². The lowest BCUT2D eigenvalue weighted by Gasteiger charge is -2.12. The lowest BCUT2D eigenvalue weighted by atomic mass is 10.1. The first kappa shape index (κ1) is 44.1. The van der Waals surface area contributed by atoms with Gasteiger partial charge in [0.25, 0.3) is 5.56 Å². The second-order valence-corrected chi connectivity index (χ2v) is 13.8. The monoisotopic (exact) mass is 851 g/mol. The maximum Gasteiger partial charge on any atom is 0.294 e. The number of aliphatic hydroxyl groups is 6. The Bertz CT molecular complexity index is 2490. The minimum Gasteiger partial charge on any atom is -0.396 e. The average Bonchev–Trinajstić information content (AvgIpc) is 4.07. The molecule has 9 heterocycles. The third-order valence-corrected chi connectivity index (χ3v) is 9.86. The molecule has 3 fully saturated rings. The smallest absolute Gasteiger partial charge is 0.294 e. The maximum absolute atomic E-state index is 14.1. The summed E-state index contributed by atoms with van der Waals surface area (Å²) in [5, 5.41) is 68.2. The zero-order valence-corrected chi connectivity index (χ0v) is 31.0. The van der Waals surface area contributed by atoms with Crippen molar-refractivity contribution >= 4 is 28.4 Å². The summed E-state index contributed by atoms with van der Waals surface area (Å²) < 4.78 is 62.0. The number of aryl methyl sites for hydroxylation is 2. The van der Waals surface area contributed by atoms with Gasteiger partial charge in [0.2, 0.25) is 5.65 Å². The number of halogens is 3. The normalized spacial score (nSPS) is 30.0. The molecule has 0 aliphatic carbocycles. The Morgan fingerprint density at radius 2 is 1.13 bits per heavy atom. The van der Waals surface area contributed by atoms with Crippen molar-refractivity contribution < 1.29 is 58.0 Å². The molecule has 60 heavy (non-hydrogen) atoms. The molecule has 0 radical (unpaired) electrons. The van der Waals surface area contributed by atoms with Crippen molar-refractivity contribution in [3.05, 3.63) is 69.9 Å². The summed E-state index contributed by atoms with van der Waals surface area (Å²) in [6.07, 6.45) is -9.89. The van der Waals surface area contributed by atoms with Gasteiger partial charge in [-0.1, -0.05) is 7.43 Å². The number of anilines is 2. The van der Waals surface area contributed by atoms with E-state index in [0.717, 1.165) is 0 Å². The van der Waals surface area contributed by atoms with Gasteiger partial charge in [-0.05, 0) is 19.9 Å². The van der Waals surface area contributed by atoms with Gasteiger partial charge in [-0.2, -0.15) is 15.3 Å². The highest BCUT2D eigenvalue weighted by Gasteiger charge is 2.48. The highest BCUT2D eigenvalue weighted by atomic mass is 19.1. The standard InChI is InChI=1S/C11H14FN5O3.C11H13FN4O4.C11H13FN4O3.CH4/c1-4-15-10(13)11-14-2-5(17(11)16-4)9-7(12)8(19)6(3-18)20-9;1-4-14-11(19)10-13-2-5(16(10)15-4)9-7(12)8(18)6(3-17)20-9;12-8-9(18)7(4-17)19-10(8)6-3-14-11-5(13)1-2-15-16(6)11;/h2,6-9,18-19H,3H2,1H3,(H2,13,15,16);2,6-9,17-18H,3H2,1H3,(H,14,15,19);1-3,7-10,17-18H,4,13H2;1H4/t2*6-,7-,8-,9+;7-,8-,9-,10+;/m111./s1. The Kier molecular flexibility index (Phi) is 13.0. The number of aromatic nitrogens is 11. The Morgan fingerprint density at radius 3 is 1.60 bits per heavy atom. The van der Waals surface area contributed by atoms with Crippen LogP contribution < -0.4 is 17.0 Å². The summed E-state index contributed by atoms with van der Waals surface area (Å²) in [4.78, 5) is 30.1. The number of nitrogens with zero attached hydrogens (tertiary/aromatic N) is 10. The van der Waals surface area contributed by atoms with Gasteiger partial charge < -0.3 is 61.3 Å². The first-order valence-electron chi connectivity index (χ1n) is 17.9. The predicted octanol–water partition coefficient (Wildman–Crippen LogP) is -1.92. The van der Waals surface area contributed by atoms with E-state index in [1.165, 1.54) is 38.3 Å². The van der Waals surface area contributed by atoms with Gasteiger partial charge in [0, 0.05) is 0 Å². The van der Waals surface area contributed by atoms with E-state index in [2.05, 4.69) is 40.2 Å². The summed E-state index contributed by atoms with van der Waals surface area (Å²) in [7, 11) is 0. The number of H-pyrrole nitrogens is 1. The minimum atomic E-state index is -1.73. The van der Waals surface area contributed by atoms with Crippen LogP contribution in [0.15, 0.2) is 35.6 Å². The van der Waals surface area contributed by atoms with Gasteiger partial charge in [-0.25, -0.2) is 46.7 Å². The van der Waals surface area contributed by atoms with Gasteiger partial charge >= 0.3 is 0 Å². The topological polar surface area (TPSA) is 337 Å². The van der Waals surface area contributed by atoms with Crippen molar-refractivity contribution in [1.29, 1.82) is 0 Å². The number of nitrogens with two attached hydrogens (primary N) is 2. The molecule has 26 heteroatoms. The van der Waals surface area contributed by atoms with Crippen LogP contribution in [0.3, 0.4) is 0 Å². The summed E-state index contributed by atoms with van der Waals surface area (Å²) in [5.74, 6) is 0.924. The molecule has 0 bridgehead atoms. The molecule has 3 saturated heterocycles. The summed E-state index contributed by atoms with van der Waals surface area (Å²) in [6, 6.07) is 1.58. The van der Waals surface area contributed by atoms with E-state index in [9.17, 15) is 33.3 Å². The van der Waals surface area contributed by atoms with Crippen LogP contribution in [-0.4, -0.2) is 159 Å². The van der Waals surface area contributed by atoms with Crippen LogP contribution in [0.5, 0.6) is 0 Å². The predicted molar refractivity (Wildman–Crippen MR) is 199 cm³/mol. The van der Waals surface area contributed by atoms with E-state index in [1.807, 2.05) is 0 Å². The molecular formula is C34H44F3N13O10.